The molecule has 1 saturated carbocycles. The average molecular weight is 385 g/mol. The SMILES string of the molecule is Cc1csc(C(C)NC(=O)COc2cc(C)c3c(C4CC4)nn(C)c3n2)n1. The van der Waals surface area contributed by atoms with Gasteiger partial charge in [-0.1, -0.05) is 0 Å². The van der Waals surface area contributed by atoms with E-state index in [1.807, 2.05) is 39.3 Å². The topological polar surface area (TPSA) is 81.9 Å². The van der Waals surface area contributed by atoms with Crippen molar-refractivity contribution in [2.45, 2.75) is 45.6 Å². The molecule has 3 heterocycles. The molecular formula is C19H23N5O2S. The molecule has 1 aliphatic carbocycles. The zero-order chi connectivity index (χ0) is 19.1. The Bertz CT molecular complexity index is 1010. The lowest BCUT2D eigenvalue weighted by molar-refractivity contribution is -0.123. The Morgan fingerprint density at radius 1 is 1.41 bits per heavy atom. The van der Waals surface area contributed by atoms with Crippen LogP contribution in [0.2, 0.25) is 0 Å². The molecule has 1 atom stereocenters. The number of thiazole rings is 1. The van der Waals surface area contributed by atoms with Crippen LogP contribution in [0.15, 0.2) is 11.4 Å². The van der Waals surface area contributed by atoms with E-state index in [1.165, 1.54) is 12.8 Å². The molecule has 27 heavy (non-hydrogen) atoms. The predicted octanol–water partition coefficient (Wildman–Crippen LogP) is 3.18. The first-order valence-corrected chi connectivity index (χ1v) is 9.98. The Morgan fingerprint density at radius 3 is 2.85 bits per heavy atom. The van der Waals surface area contributed by atoms with E-state index in [1.54, 1.807) is 16.0 Å². The van der Waals surface area contributed by atoms with Gasteiger partial charge in [-0.15, -0.1) is 11.3 Å². The number of aryl methyl sites for hydroxylation is 3. The third-order valence-corrected chi connectivity index (χ3v) is 5.84. The summed E-state index contributed by atoms with van der Waals surface area (Å²) in [5.74, 6) is 0.805. The van der Waals surface area contributed by atoms with Crippen molar-refractivity contribution in [1.82, 2.24) is 25.1 Å². The average Bonchev–Trinajstić information content (AvgIpc) is 3.29. The molecule has 0 bridgehead atoms. The van der Waals surface area contributed by atoms with Gasteiger partial charge in [0.1, 0.15) is 5.01 Å². The number of fused-ring (bicyclic) bond motifs is 1. The molecular weight excluding hydrogens is 362 g/mol. The summed E-state index contributed by atoms with van der Waals surface area (Å²) in [6, 6.07) is 1.74. The van der Waals surface area contributed by atoms with Gasteiger partial charge in [0.15, 0.2) is 12.3 Å². The van der Waals surface area contributed by atoms with E-state index in [2.05, 4.69) is 20.4 Å². The van der Waals surface area contributed by atoms with Gasteiger partial charge in [0.05, 0.1) is 11.7 Å². The van der Waals surface area contributed by atoms with Gasteiger partial charge >= 0.3 is 0 Å². The lowest BCUT2D eigenvalue weighted by Gasteiger charge is -2.12. The number of carbonyl (C=O) groups is 1. The van der Waals surface area contributed by atoms with Crippen LogP contribution in [0.1, 0.15) is 53.7 Å². The molecule has 0 saturated heterocycles. The number of nitrogens with zero attached hydrogens (tertiary/aromatic N) is 4. The van der Waals surface area contributed by atoms with Crippen molar-refractivity contribution in [3.63, 3.8) is 0 Å². The summed E-state index contributed by atoms with van der Waals surface area (Å²) >= 11 is 1.54. The summed E-state index contributed by atoms with van der Waals surface area (Å²) in [5.41, 5.74) is 3.98. The summed E-state index contributed by atoms with van der Waals surface area (Å²) in [4.78, 5) is 21.2. The van der Waals surface area contributed by atoms with Crippen LogP contribution in [0.25, 0.3) is 11.0 Å². The van der Waals surface area contributed by atoms with E-state index in [4.69, 9.17) is 4.74 Å². The molecule has 8 heteroatoms. The molecule has 0 spiro atoms. The van der Waals surface area contributed by atoms with E-state index in [0.717, 1.165) is 33.0 Å². The number of amides is 1. The van der Waals surface area contributed by atoms with Crippen molar-refractivity contribution in [2.75, 3.05) is 6.61 Å². The largest absolute Gasteiger partial charge is 0.468 e. The Balaban J connectivity index is 1.44. The predicted molar refractivity (Wildman–Crippen MR) is 104 cm³/mol. The molecule has 0 radical (unpaired) electrons. The van der Waals surface area contributed by atoms with Crippen molar-refractivity contribution < 1.29 is 9.53 Å². The van der Waals surface area contributed by atoms with Gasteiger partial charge in [-0.2, -0.15) is 10.1 Å². The molecule has 1 aliphatic rings. The van der Waals surface area contributed by atoms with Crippen molar-refractivity contribution in [1.29, 1.82) is 0 Å². The standard InChI is InChI=1S/C19H23N5O2S/c1-10-7-15(22-18-16(10)17(13-5-6-13)23-24(18)4)26-8-14(25)21-12(3)19-20-11(2)9-27-19/h7,9,12-13H,5-6,8H2,1-4H3,(H,21,25). The number of nitrogens with one attached hydrogen (secondary N) is 1. The Labute approximate surface area is 161 Å². The van der Waals surface area contributed by atoms with Crippen LogP contribution in [0.5, 0.6) is 5.88 Å². The highest BCUT2D eigenvalue weighted by Gasteiger charge is 2.30. The molecule has 0 aliphatic heterocycles. The summed E-state index contributed by atoms with van der Waals surface area (Å²) in [5, 5.41) is 11.5. The van der Waals surface area contributed by atoms with E-state index in [0.29, 0.717) is 11.8 Å². The molecule has 3 aromatic heterocycles. The smallest absolute Gasteiger partial charge is 0.258 e. The highest BCUT2D eigenvalue weighted by atomic mass is 32.1. The van der Waals surface area contributed by atoms with E-state index < -0.39 is 0 Å². The minimum absolute atomic E-state index is 0.0834. The molecule has 0 aromatic carbocycles. The van der Waals surface area contributed by atoms with Crippen LogP contribution < -0.4 is 10.1 Å². The lowest BCUT2D eigenvalue weighted by atomic mass is 10.1. The minimum Gasteiger partial charge on any atom is -0.468 e. The summed E-state index contributed by atoms with van der Waals surface area (Å²) in [6.07, 6.45) is 2.39. The van der Waals surface area contributed by atoms with Crippen molar-refractivity contribution in [3.05, 3.63) is 33.4 Å². The molecule has 1 fully saturated rings. The van der Waals surface area contributed by atoms with Crippen molar-refractivity contribution in [3.8, 4) is 5.88 Å². The second-order valence-electron chi connectivity index (χ2n) is 7.16. The molecule has 3 aromatic rings. The van der Waals surface area contributed by atoms with Gasteiger partial charge in [-0.3, -0.25) is 9.48 Å². The number of ether oxygens (including phenoxy) is 1. The van der Waals surface area contributed by atoms with E-state index >= 15 is 0 Å². The molecule has 1 unspecified atom stereocenters. The number of hydrogen-bond acceptors (Lipinski definition) is 6. The number of carbonyl (C=O) groups excluding carboxylic acids is 1. The van der Waals surface area contributed by atoms with Crippen LogP contribution in [-0.4, -0.2) is 32.3 Å². The molecule has 142 valence electrons. The van der Waals surface area contributed by atoms with E-state index in [9.17, 15) is 4.79 Å². The van der Waals surface area contributed by atoms with Gasteiger partial charge in [0.25, 0.3) is 5.91 Å². The first-order chi connectivity index (χ1) is 12.9. The summed E-state index contributed by atoms with van der Waals surface area (Å²) in [6.45, 7) is 5.81. The van der Waals surface area contributed by atoms with Crippen molar-refractivity contribution in [2.24, 2.45) is 7.05 Å². The maximum absolute atomic E-state index is 12.2. The number of hydrogen-bond donors (Lipinski definition) is 1. The zero-order valence-corrected chi connectivity index (χ0v) is 16.8. The number of aromatic nitrogens is 4. The van der Waals surface area contributed by atoms with Crippen molar-refractivity contribution >= 4 is 28.3 Å². The monoisotopic (exact) mass is 385 g/mol. The second-order valence-corrected chi connectivity index (χ2v) is 8.05. The lowest BCUT2D eigenvalue weighted by Crippen LogP contribution is -2.31. The van der Waals surface area contributed by atoms with Crippen LogP contribution in [0.4, 0.5) is 0 Å². The summed E-state index contributed by atoms with van der Waals surface area (Å²) in [7, 11) is 1.90. The Morgan fingerprint density at radius 2 is 2.19 bits per heavy atom. The number of pyridine rings is 1. The minimum atomic E-state index is -0.196. The second kappa shape index (κ2) is 6.92. The van der Waals surface area contributed by atoms with Crippen LogP contribution >= 0.6 is 11.3 Å². The Hall–Kier alpha value is -2.48. The highest BCUT2D eigenvalue weighted by Crippen LogP contribution is 2.43. The van der Waals surface area contributed by atoms with E-state index in [-0.39, 0.29) is 18.6 Å². The zero-order valence-electron chi connectivity index (χ0n) is 15.9. The third kappa shape index (κ3) is 3.66. The summed E-state index contributed by atoms with van der Waals surface area (Å²) < 4.78 is 7.46. The van der Waals surface area contributed by atoms with Crippen LogP contribution in [-0.2, 0) is 11.8 Å². The van der Waals surface area contributed by atoms with Gasteiger partial charge in [-0.05, 0) is 39.2 Å². The van der Waals surface area contributed by atoms with Crippen LogP contribution in [0.3, 0.4) is 0 Å². The first kappa shape index (κ1) is 17.9. The molecule has 4 rings (SSSR count). The normalized spacial score (nSPS) is 15.1. The van der Waals surface area contributed by atoms with Gasteiger partial charge < -0.3 is 10.1 Å². The first-order valence-electron chi connectivity index (χ1n) is 9.11. The molecule has 1 N–H and O–H groups in total. The van der Waals surface area contributed by atoms with Gasteiger partial charge in [0.2, 0.25) is 5.88 Å². The Kier molecular flexibility index (Phi) is 4.59. The molecule has 1 amide bonds. The number of rotatable bonds is 6. The quantitative estimate of drug-likeness (QED) is 0.705. The maximum Gasteiger partial charge on any atom is 0.258 e. The van der Waals surface area contributed by atoms with Gasteiger partial charge in [0, 0.05) is 35.5 Å². The molecule has 7 nitrogen and oxygen atoms in total. The highest BCUT2D eigenvalue weighted by molar-refractivity contribution is 7.09. The van der Waals surface area contributed by atoms with Crippen LogP contribution in [0, 0.1) is 13.8 Å². The fraction of sp³-hybridized carbons (Fsp3) is 0.474. The van der Waals surface area contributed by atoms with Gasteiger partial charge in [-0.25, -0.2) is 4.98 Å². The fourth-order valence-corrected chi connectivity index (χ4v) is 4.01. The maximum atomic E-state index is 12.2. The fourth-order valence-electron chi connectivity index (χ4n) is 3.21. The third-order valence-electron chi connectivity index (χ3n) is 4.69.